The number of hydrogen-bond donors (Lipinski definition) is 2. The Morgan fingerprint density at radius 3 is 3.08 bits per heavy atom. The van der Waals surface area contributed by atoms with Crippen molar-refractivity contribution in [3.63, 3.8) is 0 Å². The predicted octanol–water partition coefficient (Wildman–Crippen LogP) is 0.564. The molecule has 2 unspecified atom stereocenters. The van der Waals surface area contributed by atoms with Gasteiger partial charge in [-0.1, -0.05) is 25.0 Å². The van der Waals surface area contributed by atoms with Crippen LogP contribution in [0.15, 0.2) is 0 Å². The molecule has 0 radical (unpaired) electrons. The smallest absolute Gasteiger partial charge is 0.194 e. The summed E-state index contributed by atoms with van der Waals surface area (Å²) < 4.78 is 0. The van der Waals surface area contributed by atoms with Crippen LogP contribution in [-0.4, -0.2) is 20.6 Å². The van der Waals surface area contributed by atoms with Gasteiger partial charge in [-0.15, -0.1) is 10.2 Å². The molecule has 1 aliphatic carbocycles. The lowest BCUT2D eigenvalue weighted by Crippen LogP contribution is -2.42. The first-order valence-electron chi connectivity index (χ1n) is 4.73. The molecule has 0 aliphatic heterocycles. The van der Waals surface area contributed by atoms with Crippen LogP contribution in [0.4, 0.5) is 0 Å². The minimum absolute atomic E-state index is 0.343. The number of rotatable bonds is 1. The van der Waals surface area contributed by atoms with Crippen LogP contribution in [0.3, 0.4) is 0 Å². The molecule has 2 atom stereocenters. The summed E-state index contributed by atoms with van der Waals surface area (Å²) in [4.78, 5) is 0. The van der Waals surface area contributed by atoms with Gasteiger partial charge in [0.2, 0.25) is 0 Å². The molecule has 0 amide bonds. The first-order chi connectivity index (χ1) is 6.21. The Balaban J connectivity index is 2.20. The maximum atomic E-state index is 6.23. The molecule has 0 saturated heterocycles. The fourth-order valence-electron chi connectivity index (χ4n) is 2.17. The summed E-state index contributed by atoms with van der Waals surface area (Å²) in [5.41, 5.74) is 5.89. The van der Waals surface area contributed by atoms with Crippen LogP contribution >= 0.6 is 0 Å². The van der Waals surface area contributed by atoms with Gasteiger partial charge in [-0.25, -0.2) is 0 Å². The number of aromatic amines is 1. The van der Waals surface area contributed by atoms with Gasteiger partial charge in [0.1, 0.15) is 0 Å². The highest BCUT2D eigenvalue weighted by atomic mass is 15.5. The molecule has 0 spiro atoms. The molecule has 1 aliphatic rings. The Morgan fingerprint density at radius 2 is 2.46 bits per heavy atom. The molecule has 1 aromatic rings. The van der Waals surface area contributed by atoms with E-state index < -0.39 is 0 Å². The van der Waals surface area contributed by atoms with Gasteiger partial charge in [-0.2, -0.15) is 5.21 Å². The zero-order valence-electron chi connectivity index (χ0n) is 7.82. The van der Waals surface area contributed by atoms with Gasteiger partial charge in [-0.3, -0.25) is 0 Å². The van der Waals surface area contributed by atoms with Gasteiger partial charge in [-0.05, 0) is 18.8 Å². The van der Waals surface area contributed by atoms with E-state index in [1.165, 1.54) is 6.42 Å². The normalized spacial score (nSPS) is 34.8. The zero-order valence-corrected chi connectivity index (χ0v) is 7.82. The van der Waals surface area contributed by atoms with E-state index in [-0.39, 0.29) is 5.54 Å². The molecular formula is C8H15N5. The van der Waals surface area contributed by atoms with Crippen molar-refractivity contribution < 1.29 is 0 Å². The minimum atomic E-state index is -0.343. The van der Waals surface area contributed by atoms with Crippen molar-refractivity contribution in [1.29, 1.82) is 0 Å². The van der Waals surface area contributed by atoms with Gasteiger partial charge in [0.05, 0.1) is 5.54 Å². The van der Waals surface area contributed by atoms with Gasteiger partial charge in [0.25, 0.3) is 0 Å². The second-order valence-electron chi connectivity index (χ2n) is 4.09. The predicted molar refractivity (Wildman–Crippen MR) is 47.7 cm³/mol. The molecule has 1 fully saturated rings. The quantitative estimate of drug-likeness (QED) is 0.663. The Hall–Kier alpha value is -0.970. The fourth-order valence-corrected chi connectivity index (χ4v) is 2.17. The molecule has 0 aromatic carbocycles. The van der Waals surface area contributed by atoms with Gasteiger partial charge < -0.3 is 5.73 Å². The molecule has 0 bridgehead atoms. The summed E-state index contributed by atoms with van der Waals surface area (Å²) in [6.45, 7) is 2.22. The van der Waals surface area contributed by atoms with E-state index >= 15 is 0 Å². The number of H-pyrrole nitrogens is 1. The topological polar surface area (TPSA) is 80.5 Å². The number of nitrogens with zero attached hydrogens (tertiary/aromatic N) is 3. The maximum absolute atomic E-state index is 6.23. The maximum Gasteiger partial charge on any atom is 0.194 e. The molecule has 72 valence electrons. The first kappa shape index (κ1) is 8.62. The average Bonchev–Trinajstić information content (AvgIpc) is 2.55. The SMILES string of the molecule is CC1CCCC(N)(c2nn[nH]n2)C1. The van der Waals surface area contributed by atoms with Crippen molar-refractivity contribution >= 4 is 0 Å². The molecule has 1 saturated carbocycles. The summed E-state index contributed by atoms with van der Waals surface area (Å²) in [6, 6.07) is 0. The van der Waals surface area contributed by atoms with Crippen molar-refractivity contribution in [2.24, 2.45) is 11.7 Å². The van der Waals surface area contributed by atoms with Crippen molar-refractivity contribution in [3.8, 4) is 0 Å². The largest absolute Gasteiger partial charge is 0.319 e. The lowest BCUT2D eigenvalue weighted by Gasteiger charge is -2.33. The molecule has 1 aromatic heterocycles. The van der Waals surface area contributed by atoms with Crippen LogP contribution in [0, 0.1) is 5.92 Å². The summed E-state index contributed by atoms with van der Waals surface area (Å²) in [6.07, 6.45) is 4.35. The molecular weight excluding hydrogens is 166 g/mol. The summed E-state index contributed by atoms with van der Waals surface area (Å²) >= 11 is 0. The van der Waals surface area contributed by atoms with Crippen LogP contribution in [-0.2, 0) is 5.54 Å². The molecule has 5 heteroatoms. The van der Waals surface area contributed by atoms with E-state index in [0.29, 0.717) is 11.7 Å². The van der Waals surface area contributed by atoms with Crippen molar-refractivity contribution in [1.82, 2.24) is 20.6 Å². The summed E-state index contributed by atoms with van der Waals surface area (Å²) in [5.74, 6) is 1.33. The lowest BCUT2D eigenvalue weighted by atomic mass is 9.77. The molecule has 13 heavy (non-hydrogen) atoms. The van der Waals surface area contributed by atoms with Crippen LogP contribution in [0.5, 0.6) is 0 Å². The number of nitrogens with two attached hydrogens (primary N) is 1. The fraction of sp³-hybridized carbons (Fsp3) is 0.875. The van der Waals surface area contributed by atoms with Crippen molar-refractivity contribution in [2.75, 3.05) is 0 Å². The third-order valence-electron chi connectivity index (χ3n) is 2.82. The van der Waals surface area contributed by atoms with Gasteiger partial charge in [0, 0.05) is 0 Å². The zero-order chi connectivity index (χ0) is 9.31. The van der Waals surface area contributed by atoms with Crippen LogP contribution in [0.1, 0.15) is 38.4 Å². The van der Waals surface area contributed by atoms with E-state index in [1.54, 1.807) is 0 Å². The van der Waals surface area contributed by atoms with Gasteiger partial charge in [0.15, 0.2) is 5.82 Å². The number of tetrazole rings is 1. The molecule has 1 heterocycles. The molecule has 3 N–H and O–H groups in total. The van der Waals surface area contributed by atoms with Crippen molar-refractivity contribution in [3.05, 3.63) is 5.82 Å². The van der Waals surface area contributed by atoms with E-state index in [1.807, 2.05) is 0 Å². The Morgan fingerprint density at radius 1 is 1.62 bits per heavy atom. The number of aromatic nitrogens is 4. The number of nitrogens with one attached hydrogen (secondary N) is 1. The minimum Gasteiger partial charge on any atom is -0.319 e. The van der Waals surface area contributed by atoms with Crippen LogP contribution in [0.2, 0.25) is 0 Å². The summed E-state index contributed by atoms with van der Waals surface area (Å²) in [5, 5.41) is 14.0. The highest BCUT2D eigenvalue weighted by Gasteiger charge is 2.36. The molecule has 5 nitrogen and oxygen atoms in total. The Bertz CT molecular complexity index is 270. The molecule has 2 rings (SSSR count). The second-order valence-corrected chi connectivity index (χ2v) is 4.09. The van der Waals surface area contributed by atoms with E-state index in [2.05, 4.69) is 27.5 Å². The standard InChI is InChI=1S/C8H15N5/c1-6-3-2-4-8(9,5-6)7-10-12-13-11-7/h6H,2-5,9H2,1H3,(H,10,11,12,13). The lowest BCUT2D eigenvalue weighted by molar-refractivity contribution is 0.228. The van der Waals surface area contributed by atoms with Crippen LogP contribution in [0.25, 0.3) is 0 Å². The van der Waals surface area contributed by atoms with E-state index in [4.69, 9.17) is 5.73 Å². The second kappa shape index (κ2) is 3.06. The van der Waals surface area contributed by atoms with Crippen LogP contribution < -0.4 is 5.73 Å². The Kier molecular flexibility index (Phi) is 2.03. The number of hydrogen-bond acceptors (Lipinski definition) is 4. The average molecular weight is 181 g/mol. The first-order valence-corrected chi connectivity index (χ1v) is 4.73. The third kappa shape index (κ3) is 1.56. The van der Waals surface area contributed by atoms with Gasteiger partial charge >= 0.3 is 0 Å². The highest BCUT2D eigenvalue weighted by molar-refractivity contribution is 5.03. The highest BCUT2D eigenvalue weighted by Crippen LogP contribution is 2.35. The van der Waals surface area contributed by atoms with E-state index in [9.17, 15) is 0 Å². The third-order valence-corrected chi connectivity index (χ3v) is 2.82. The monoisotopic (exact) mass is 181 g/mol. The Labute approximate surface area is 77.1 Å². The van der Waals surface area contributed by atoms with E-state index in [0.717, 1.165) is 19.3 Å². The van der Waals surface area contributed by atoms with Crippen molar-refractivity contribution in [2.45, 2.75) is 38.1 Å². The summed E-state index contributed by atoms with van der Waals surface area (Å²) in [7, 11) is 0.